The Kier molecular flexibility index (Phi) is 6.02. The lowest BCUT2D eigenvalue weighted by Crippen LogP contribution is -2.26. The molecule has 0 aliphatic carbocycles. The van der Waals surface area contributed by atoms with Gasteiger partial charge in [-0.15, -0.1) is 11.3 Å². The lowest BCUT2D eigenvalue weighted by Gasteiger charge is -2.05. The Labute approximate surface area is 162 Å². The molecular formula is C18H20N4O3S2. The van der Waals surface area contributed by atoms with Crippen LogP contribution in [0.3, 0.4) is 0 Å². The second-order valence-corrected chi connectivity index (χ2v) is 9.17. The number of thiazole rings is 1. The molecule has 0 saturated carbocycles. The van der Waals surface area contributed by atoms with Gasteiger partial charge in [0.1, 0.15) is 10.7 Å². The Bertz CT molecular complexity index is 1010. The zero-order valence-corrected chi connectivity index (χ0v) is 16.5. The first kappa shape index (κ1) is 19.2. The average molecular weight is 405 g/mol. The van der Waals surface area contributed by atoms with Crippen molar-refractivity contribution in [2.45, 2.75) is 12.2 Å². The smallest absolute Gasteiger partial charge is 0.270 e. The highest BCUT2D eigenvalue weighted by atomic mass is 32.2. The number of hydrogen-bond donors (Lipinski definition) is 1. The molecule has 142 valence electrons. The molecule has 3 aromatic rings. The van der Waals surface area contributed by atoms with Gasteiger partial charge in [0.05, 0.1) is 17.7 Å². The van der Waals surface area contributed by atoms with Crippen molar-refractivity contribution in [3.63, 3.8) is 0 Å². The number of aryl methyl sites for hydroxylation is 1. The van der Waals surface area contributed by atoms with E-state index in [2.05, 4.69) is 15.4 Å². The summed E-state index contributed by atoms with van der Waals surface area (Å²) in [4.78, 5) is 16.5. The fraction of sp³-hybridized carbons (Fsp3) is 0.278. The monoisotopic (exact) mass is 404 g/mol. The van der Waals surface area contributed by atoms with Crippen molar-refractivity contribution in [2.24, 2.45) is 7.05 Å². The van der Waals surface area contributed by atoms with Crippen LogP contribution in [-0.2, 0) is 22.6 Å². The van der Waals surface area contributed by atoms with Gasteiger partial charge in [-0.05, 0) is 12.0 Å². The van der Waals surface area contributed by atoms with Crippen molar-refractivity contribution >= 4 is 27.1 Å². The van der Waals surface area contributed by atoms with Crippen LogP contribution >= 0.6 is 11.3 Å². The third kappa shape index (κ3) is 5.48. The van der Waals surface area contributed by atoms with E-state index in [4.69, 9.17) is 0 Å². The minimum absolute atomic E-state index is 0.0162. The molecule has 0 radical (unpaired) electrons. The van der Waals surface area contributed by atoms with Crippen LogP contribution in [0.4, 0.5) is 0 Å². The van der Waals surface area contributed by atoms with Gasteiger partial charge in [0.15, 0.2) is 9.84 Å². The van der Waals surface area contributed by atoms with Gasteiger partial charge in [-0.3, -0.25) is 9.48 Å². The Hall–Kier alpha value is -2.52. The first-order valence-electron chi connectivity index (χ1n) is 8.40. The molecule has 0 bridgehead atoms. The van der Waals surface area contributed by atoms with Gasteiger partial charge in [-0.2, -0.15) is 5.10 Å². The van der Waals surface area contributed by atoms with Gasteiger partial charge in [0.25, 0.3) is 5.91 Å². The van der Waals surface area contributed by atoms with Gasteiger partial charge in [0, 0.05) is 30.7 Å². The summed E-state index contributed by atoms with van der Waals surface area (Å²) >= 11 is 1.37. The zero-order valence-electron chi connectivity index (χ0n) is 14.8. The molecule has 0 unspecified atom stereocenters. The molecule has 3 rings (SSSR count). The topological polar surface area (TPSA) is 94.0 Å². The number of nitrogens with zero attached hydrogens (tertiary/aromatic N) is 3. The van der Waals surface area contributed by atoms with Gasteiger partial charge in [0.2, 0.25) is 0 Å². The third-order valence-electron chi connectivity index (χ3n) is 3.84. The first-order chi connectivity index (χ1) is 12.9. The molecule has 0 aliphatic rings. The SMILES string of the molecule is Cn1cc(-c2nc(C(=O)NCCCS(=O)(=O)Cc3ccccc3)cs2)cn1. The standard InChI is InChI=1S/C18H20N4O3S2/c1-22-11-15(10-20-22)18-21-16(12-26-18)17(23)19-8-5-9-27(24,25)13-14-6-3-2-4-7-14/h2-4,6-7,10-12H,5,8-9,13H2,1H3,(H,19,23). The highest BCUT2D eigenvalue weighted by molar-refractivity contribution is 7.90. The minimum atomic E-state index is -3.20. The summed E-state index contributed by atoms with van der Waals surface area (Å²) in [6.45, 7) is 0.284. The van der Waals surface area contributed by atoms with Crippen molar-refractivity contribution in [3.8, 4) is 10.6 Å². The normalized spacial score (nSPS) is 11.4. The molecule has 0 atom stereocenters. The predicted octanol–water partition coefficient (Wildman–Crippen LogP) is 2.28. The number of sulfone groups is 1. The van der Waals surface area contributed by atoms with Crippen LogP contribution < -0.4 is 5.32 Å². The second kappa shape index (κ2) is 8.45. The summed E-state index contributed by atoms with van der Waals surface area (Å²) < 4.78 is 26.0. The van der Waals surface area contributed by atoms with Crippen molar-refractivity contribution in [1.82, 2.24) is 20.1 Å². The first-order valence-corrected chi connectivity index (χ1v) is 11.1. The highest BCUT2D eigenvalue weighted by Gasteiger charge is 2.14. The van der Waals surface area contributed by atoms with Crippen LogP contribution in [0.25, 0.3) is 10.6 Å². The van der Waals surface area contributed by atoms with E-state index in [1.54, 1.807) is 28.4 Å². The van der Waals surface area contributed by atoms with E-state index in [9.17, 15) is 13.2 Å². The number of benzene rings is 1. The van der Waals surface area contributed by atoms with Crippen molar-refractivity contribution < 1.29 is 13.2 Å². The molecule has 9 heteroatoms. The number of nitrogens with one attached hydrogen (secondary N) is 1. The van der Waals surface area contributed by atoms with Crippen LogP contribution in [0.15, 0.2) is 48.1 Å². The number of carbonyl (C=O) groups excluding carboxylic acids is 1. The number of carbonyl (C=O) groups is 1. The van der Waals surface area contributed by atoms with Crippen LogP contribution in [0, 0.1) is 0 Å². The summed E-state index contributed by atoms with van der Waals surface area (Å²) in [7, 11) is -1.38. The van der Waals surface area contributed by atoms with Gasteiger partial charge < -0.3 is 5.32 Å². The van der Waals surface area contributed by atoms with Gasteiger partial charge in [-0.25, -0.2) is 13.4 Å². The van der Waals surface area contributed by atoms with E-state index in [1.165, 1.54) is 11.3 Å². The Morgan fingerprint density at radius 1 is 1.26 bits per heavy atom. The summed E-state index contributed by atoms with van der Waals surface area (Å²) in [6.07, 6.45) is 3.89. The Balaban J connectivity index is 1.46. The van der Waals surface area contributed by atoms with E-state index in [0.717, 1.165) is 16.1 Å². The molecule has 2 aromatic heterocycles. The Morgan fingerprint density at radius 3 is 2.74 bits per heavy atom. The molecular weight excluding hydrogens is 384 g/mol. The highest BCUT2D eigenvalue weighted by Crippen LogP contribution is 2.22. The molecule has 1 amide bonds. The molecule has 1 aromatic carbocycles. The van der Waals surface area contributed by atoms with E-state index in [0.29, 0.717) is 12.1 Å². The number of rotatable bonds is 8. The quantitative estimate of drug-likeness (QED) is 0.581. The van der Waals surface area contributed by atoms with E-state index < -0.39 is 9.84 Å². The van der Waals surface area contributed by atoms with Gasteiger partial charge >= 0.3 is 0 Å². The number of hydrogen-bond acceptors (Lipinski definition) is 6. The summed E-state index contributed by atoms with van der Waals surface area (Å²) in [6, 6.07) is 9.07. The third-order valence-corrected chi connectivity index (χ3v) is 6.41. The van der Waals surface area contributed by atoms with Crippen LogP contribution in [0.1, 0.15) is 22.5 Å². The number of aromatic nitrogens is 3. The molecule has 27 heavy (non-hydrogen) atoms. The van der Waals surface area contributed by atoms with E-state index in [-0.39, 0.29) is 24.0 Å². The maximum Gasteiger partial charge on any atom is 0.270 e. The zero-order chi connectivity index (χ0) is 19.3. The molecule has 0 aliphatic heterocycles. The average Bonchev–Trinajstić information content (AvgIpc) is 3.28. The summed E-state index contributed by atoms with van der Waals surface area (Å²) in [5, 5.41) is 9.22. The lowest BCUT2D eigenvalue weighted by atomic mass is 10.2. The van der Waals surface area contributed by atoms with Crippen molar-refractivity contribution in [1.29, 1.82) is 0 Å². The molecule has 0 spiro atoms. The van der Waals surface area contributed by atoms with Gasteiger partial charge in [-0.1, -0.05) is 30.3 Å². The largest absolute Gasteiger partial charge is 0.351 e. The maximum atomic E-state index is 12.2. The second-order valence-electron chi connectivity index (χ2n) is 6.13. The molecule has 1 N–H and O–H groups in total. The maximum absolute atomic E-state index is 12.2. The fourth-order valence-corrected chi connectivity index (χ4v) is 4.73. The number of amides is 1. The van der Waals surface area contributed by atoms with E-state index in [1.807, 2.05) is 31.4 Å². The predicted molar refractivity (Wildman–Crippen MR) is 105 cm³/mol. The lowest BCUT2D eigenvalue weighted by molar-refractivity contribution is 0.0949. The van der Waals surface area contributed by atoms with E-state index >= 15 is 0 Å². The van der Waals surface area contributed by atoms with Crippen LogP contribution in [-0.4, -0.2) is 41.4 Å². The Morgan fingerprint density at radius 2 is 2.04 bits per heavy atom. The molecule has 2 heterocycles. The van der Waals surface area contributed by atoms with Crippen molar-refractivity contribution in [3.05, 3.63) is 59.4 Å². The summed E-state index contributed by atoms with van der Waals surface area (Å²) in [5.41, 5.74) is 1.95. The van der Waals surface area contributed by atoms with Crippen molar-refractivity contribution in [2.75, 3.05) is 12.3 Å². The minimum Gasteiger partial charge on any atom is -0.351 e. The fourth-order valence-electron chi connectivity index (χ4n) is 2.53. The van der Waals surface area contributed by atoms with Crippen LogP contribution in [0.5, 0.6) is 0 Å². The molecule has 7 nitrogen and oxygen atoms in total. The van der Waals surface area contributed by atoms with Crippen LogP contribution in [0.2, 0.25) is 0 Å². The summed E-state index contributed by atoms with van der Waals surface area (Å²) in [5.74, 6) is -0.260. The molecule has 0 saturated heterocycles. The molecule has 0 fully saturated rings.